The predicted molar refractivity (Wildman–Crippen MR) is 94.8 cm³/mol. The highest BCUT2D eigenvalue weighted by molar-refractivity contribution is 7.98. The molecule has 2 amide bonds. The van der Waals surface area contributed by atoms with E-state index in [-0.39, 0.29) is 6.54 Å². The lowest BCUT2D eigenvalue weighted by atomic mass is 10.0. The summed E-state index contributed by atoms with van der Waals surface area (Å²) in [6, 6.07) is 4.82. The fraction of sp³-hybridized carbons (Fsp3) is 0.500. The van der Waals surface area contributed by atoms with Gasteiger partial charge in [-0.3, -0.25) is 9.59 Å². The molecular formula is C16H24N2O5S. The highest BCUT2D eigenvalue weighted by Gasteiger charge is 2.23. The van der Waals surface area contributed by atoms with Gasteiger partial charge in [0.05, 0.1) is 25.5 Å². The summed E-state index contributed by atoms with van der Waals surface area (Å²) >= 11 is 1.60. The van der Waals surface area contributed by atoms with Crippen molar-refractivity contribution in [3.8, 4) is 11.5 Å². The molecule has 0 heterocycles. The lowest BCUT2D eigenvalue weighted by Gasteiger charge is -2.23. The van der Waals surface area contributed by atoms with Gasteiger partial charge >= 0.3 is 11.8 Å². The van der Waals surface area contributed by atoms with Crippen LogP contribution in [0.15, 0.2) is 18.2 Å². The summed E-state index contributed by atoms with van der Waals surface area (Å²) in [5.41, 5.74) is -0.705. The molecule has 0 unspecified atom stereocenters. The molecule has 1 rings (SSSR count). The number of thioether (sulfide) groups is 1. The van der Waals surface area contributed by atoms with Crippen molar-refractivity contribution in [3.05, 3.63) is 18.2 Å². The molecule has 7 nitrogen and oxygen atoms in total. The van der Waals surface area contributed by atoms with Gasteiger partial charge < -0.3 is 25.2 Å². The SMILES string of the molecule is COc1ccc(NC(=O)C(=O)NC[C@@](C)(O)CCSC)c(OC)c1. The summed E-state index contributed by atoms with van der Waals surface area (Å²) in [7, 11) is 2.97. The summed E-state index contributed by atoms with van der Waals surface area (Å²) in [6.07, 6.45) is 2.45. The topological polar surface area (TPSA) is 96.9 Å². The number of carbonyl (C=O) groups excluding carboxylic acids is 2. The molecule has 0 radical (unpaired) electrons. The van der Waals surface area contributed by atoms with Gasteiger partial charge in [-0.2, -0.15) is 11.8 Å². The zero-order chi connectivity index (χ0) is 18.2. The van der Waals surface area contributed by atoms with Crippen LogP contribution in [-0.4, -0.2) is 55.3 Å². The lowest BCUT2D eigenvalue weighted by molar-refractivity contribution is -0.136. The number of carbonyl (C=O) groups is 2. The van der Waals surface area contributed by atoms with Crippen LogP contribution in [0, 0.1) is 0 Å². The molecule has 0 saturated heterocycles. The second-order valence-electron chi connectivity index (χ2n) is 5.44. The van der Waals surface area contributed by atoms with Crippen LogP contribution in [0.2, 0.25) is 0 Å². The highest BCUT2D eigenvalue weighted by Crippen LogP contribution is 2.28. The van der Waals surface area contributed by atoms with Crippen molar-refractivity contribution in [1.29, 1.82) is 0 Å². The molecule has 134 valence electrons. The normalized spacial score (nSPS) is 12.9. The first kappa shape index (κ1) is 20.1. The number of benzene rings is 1. The second-order valence-corrected chi connectivity index (χ2v) is 6.43. The van der Waals surface area contributed by atoms with Gasteiger partial charge in [-0.05, 0) is 37.5 Å². The molecule has 0 aromatic heterocycles. The number of anilines is 1. The number of methoxy groups -OCH3 is 2. The van der Waals surface area contributed by atoms with Crippen LogP contribution in [-0.2, 0) is 9.59 Å². The predicted octanol–water partition coefficient (Wildman–Crippen LogP) is 1.26. The highest BCUT2D eigenvalue weighted by atomic mass is 32.2. The lowest BCUT2D eigenvalue weighted by Crippen LogP contribution is -2.44. The van der Waals surface area contributed by atoms with Gasteiger partial charge in [-0.15, -0.1) is 0 Å². The van der Waals surface area contributed by atoms with Crippen LogP contribution in [0.1, 0.15) is 13.3 Å². The van der Waals surface area contributed by atoms with Crippen LogP contribution >= 0.6 is 11.8 Å². The Morgan fingerprint density at radius 1 is 1.25 bits per heavy atom. The Labute approximate surface area is 146 Å². The zero-order valence-electron chi connectivity index (χ0n) is 14.3. The van der Waals surface area contributed by atoms with Crippen LogP contribution in [0.3, 0.4) is 0 Å². The quantitative estimate of drug-likeness (QED) is 0.607. The molecule has 24 heavy (non-hydrogen) atoms. The molecule has 0 aliphatic heterocycles. The van der Waals surface area contributed by atoms with Crippen LogP contribution in [0.5, 0.6) is 11.5 Å². The van der Waals surface area contributed by atoms with Gasteiger partial charge in [0.1, 0.15) is 11.5 Å². The van der Waals surface area contributed by atoms with Crippen LogP contribution < -0.4 is 20.1 Å². The van der Waals surface area contributed by atoms with Crippen LogP contribution in [0.25, 0.3) is 0 Å². The first-order valence-corrected chi connectivity index (χ1v) is 8.75. The van der Waals surface area contributed by atoms with Crippen molar-refractivity contribution in [2.24, 2.45) is 0 Å². The molecule has 1 aromatic rings. The summed E-state index contributed by atoms with van der Waals surface area (Å²) in [4.78, 5) is 23.9. The average Bonchev–Trinajstić information content (AvgIpc) is 2.58. The van der Waals surface area contributed by atoms with E-state index in [1.807, 2.05) is 6.26 Å². The molecule has 0 aliphatic rings. The van der Waals surface area contributed by atoms with E-state index in [1.165, 1.54) is 14.2 Å². The van der Waals surface area contributed by atoms with Crippen molar-refractivity contribution in [1.82, 2.24) is 5.32 Å². The average molecular weight is 356 g/mol. The fourth-order valence-electron chi connectivity index (χ4n) is 1.84. The number of aliphatic hydroxyl groups is 1. The van der Waals surface area contributed by atoms with Gasteiger partial charge in [0.15, 0.2) is 0 Å². The largest absolute Gasteiger partial charge is 0.497 e. The number of amides is 2. The second kappa shape index (κ2) is 9.39. The molecule has 0 fully saturated rings. The Morgan fingerprint density at radius 2 is 1.96 bits per heavy atom. The maximum atomic E-state index is 12.0. The first-order chi connectivity index (χ1) is 11.3. The van der Waals surface area contributed by atoms with E-state index in [2.05, 4.69) is 10.6 Å². The van der Waals surface area contributed by atoms with Gasteiger partial charge in [0.2, 0.25) is 0 Å². The molecule has 0 spiro atoms. The van der Waals surface area contributed by atoms with Gasteiger partial charge in [-0.25, -0.2) is 0 Å². The summed E-state index contributed by atoms with van der Waals surface area (Å²) in [5, 5.41) is 15.0. The Balaban J connectivity index is 2.63. The fourth-order valence-corrected chi connectivity index (χ4v) is 2.49. The van der Waals surface area contributed by atoms with E-state index < -0.39 is 17.4 Å². The standard InChI is InChI=1S/C16H24N2O5S/c1-16(21,7-8-24-4)10-17-14(19)15(20)18-12-6-5-11(22-2)9-13(12)23-3/h5-6,9,21H,7-8,10H2,1-4H3,(H,17,19)(H,18,20)/t16-/m0/s1. The third kappa shape index (κ3) is 6.29. The third-order valence-corrected chi connectivity index (χ3v) is 3.95. The Kier molecular flexibility index (Phi) is 7.87. The van der Waals surface area contributed by atoms with E-state index >= 15 is 0 Å². The molecule has 3 N–H and O–H groups in total. The molecular weight excluding hydrogens is 332 g/mol. The van der Waals surface area contributed by atoms with E-state index in [4.69, 9.17) is 9.47 Å². The van der Waals surface area contributed by atoms with Crippen LogP contribution in [0.4, 0.5) is 5.69 Å². The van der Waals surface area contributed by atoms with Gasteiger partial charge in [-0.1, -0.05) is 0 Å². The molecule has 0 bridgehead atoms. The minimum atomic E-state index is -1.06. The third-order valence-electron chi connectivity index (χ3n) is 3.34. The monoisotopic (exact) mass is 356 g/mol. The number of ether oxygens (including phenoxy) is 2. The summed E-state index contributed by atoms with van der Waals surface area (Å²) in [6.45, 7) is 1.62. The van der Waals surface area contributed by atoms with E-state index in [0.29, 0.717) is 23.6 Å². The number of hydrogen-bond acceptors (Lipinski definition) is 6. The molecule has 0 aliphatic carbocycles. The number of rotatable bonds is 8. The smallest absolute Gasteiger partial charge is 0.313 e. The van der Waals surface area contributed by atoms with Gasteiger partial charge in [0, 0.05) is 12.6 Å². The number of nitrogens with one attached hydrogen (secondary N) is 2. The van der Waals surface area contributed by atoms with E-state index in [1.54, 1.807) is 36.9 Å². The summed E-state index contributed by atoms with van der Waals surface area (Å²) in [5.74, 6) is 0.0519. The molecule has 0 saturated carbocycles. The molecule has 1 aromatic carbocycles. The maximum Gasteiger partial charge on any atom is 0.313 e. The van der Waals surface area contributed by atoms with E-state index in [0.717, 1.165) is 5.75 Å². The number of hydrogen-bond donors (Lipinski definition) is 3. The Hall–Kier alpha value is -1.93. The minimum absolute atomic E-state index is 0.000436. The van der Waals surface area contributed by atoms with E-state index in [9.17, 15) is 14.7 Å². The van der Waals surface area contributed by atoms with Crippen molar-refractivity contribution >= 4 is 29.3 Å². The maximum absolute atomic E-state index is 12.0. The summed E-state index contributed by atoms with van der Waals surface area (Å²) < 4.78 is 10.2. The zero-order valence-corrected chi connectivity index (χ0v) is 15.2. The Bertz CT molecular complexity index is 578. The first-order valence-electron chi connectivity index (χ1n) is 7.35. The van der Waals surface area contributed by atoms with Crippen molar-refractivity contribution < 1.29 is 24.2 Å². The van der Waals surface area contributed by atoms with Gasteiger partial charge in [0.25, 0.3) is 0 Å². The molecule has 8 heteroatoms. The van der Waals surface area contributed by atoms with Crippen molar-refractivity contribution in [2.75, 3.05) is 38.1 Å². The minimum Gasteiger partial charge on any atom is -0.497 e. The molecule has 1 atom stereocenters. The van der Waals surface area contributed by atoms with Crippen molar-refractivity contribution in [3.63, 3.8) is 0 Å². The Morgan fingerprint density at radius 3 is 2.54 bits per heavy atom. The van der Waals surface area contributed by atoms with Crippen molar-refractivity contribution in [2.45, 2.75) is 18.9 Å².